The van der Waals surface area contributed by atoms with Crippen molar-refractivity contribution in [2.75, 3.05) is 11.4 Å². The SMILES string of the molecule is CCCCCCc1cc(-c2sc(-c3sc(-c4ccc5c(c4)Sc4ccccc4N5CCCCCC)cc3CCCCCC)cc2CCCCCC)sc1/C=c1/s/c(=C(\C#N)C(=O)O)n(COC=O)c1=O. The highest BCUT2D eigenvalue weighted by Gasteiger charge is 2.25. The lowest BCUT2D eigenvalue weighted by Crippen LogP contribution is -2.33. The zero-order valence-corrected chi connectivity index (χ0v) is 45.3. The molecule has 0 saturated carbocycles. The number of thiophene rings is 3. The monoisotopic (exact) mass is 1030 g/mol. The topological polar surface area (TPSA) is 113 Å². The number of carbonyl (C=O) groups is 2. The minimum absolute atomic E-state index is 0.0493. The molecule has 4 aromatic heterocycles. The Kier molecular flexibility index (Phi) is 20.2. The molecule has 0 atom stereocenters. The second-order valence-electron chi connectivity index (χ2n) is 18.2. The summed E-state index contributed by atoms with van der Waals surface area (Å²) < 4.78 is 6.23. The first-order chi connectivity index (χ1) is 34.2. The van der Waals surface area contributed by atoms with Crippen molar-refractivity contribution >= 4 is 92.6 Å². The highest BCUT2D eigenvalue weighted by atomic mass is 32.2. The third-order valence-corrected chi connectivity index (χ3v) is 19.1. The Morgan fingerprint density at radius 3 is 1.87 bits per heavy atom. The van der Waals surface area contributed by atoms with E-state index in [4.69, 9.17) is 4.74 Å². The fraction of sp³-hybridized carbons (Fsp3) is 0.439. The van der Waals surface area contributed by atoms with Crippen molar-refractivity contribution in [3.63, 3.8) is 0 Å². The fourth-order valence-electron chi connectivity index (χ4n) is 9.16. The summed E-state index contributed by atoms with van der Waals surface area (Å²) in [4.78, 5) is 49.7. The number of carbonyl (C=O) groups excluding carboxylic acids is 1. The van der Waals surface area contributed by atoms with Gasteiger partial charge in [0.2, 0.25) is 0 Å². The van der Waals surface area contributed by atoms with Crippen LogP contribution in [0.15, 0.2) is 75.2 Å². The van der Waals surface area contributed by atoms with Crippen molar-refractivity contribution in [2.45, 2.75) is 166 Å². The number of carboxylic acids is 1. The van der Waals surface area contributed by atoms with E-state index in [-0.39, 0.29) is 15.7 Å². The first-order valence-electron chi connectivity index (χ1n) is 25.4. The van der Waals surface area contributed by atoms with Crippen molar-refractivity contribution in [1.29, 1.82) is 5.26 Å². The second-order valence-corrected chi connectivity index (χ2v) is 23.5. The predicted octanol–water partition coefficient (Wildman–Crippen LogP) is 15.4. The number of aryl methyl sites for hydroxylation is 3. The maximum Gasteiger partial charge on any atom is 0.349 e. The van der Waals surface area contributed by atoms with Crippen molar-refractivity contribution < 1.29 is 19.4 Å². The van der Waals surface area contributed by atoms with Crippen LogP contribution in [0.2, 0.25) is 0 Å². The molecule has 2 aromatic carbocycles. The maximum atomic E-state index is 13.9. The number of hydrogen-bond donors (Lipinski definition) is 1. The Bertz CT molecular complexity index is 2950. The molecule has 0 radical (unpaired) electrons. The number of nitriles is 1. The first kappa shape index (κ1) is 53.1. The van der Waals surface area contributed by atoms with Gasteiger partial charge in [-0.15, -0.1) is 45.3 Å². The molecule has 1 aliphatic rings. The van der Waals surface area contributed by atoms with E-state index in [9.17, 15) is 24.8 Å². The first-order valence-corrected chi connectivity index (χ1v) is 29.5. The highest BCUT2D eigenvalue weighted by molar-refractivity contribution is 7.99. The van der Waals surface area contributed by atoms with Gasteiger partial charge in [-0.2, -0.15) is 5.26 Å². The van der Waals surface area contributed by atoms with Gasteiger partial charge in [0.1, 0.15) is 10.7 Å². The number of aliphatic carboxylic acids is 1. The van der Waals surface area contributed by atoms with Crippen LogP contribution in [0.4, 0.5) is 11.4 Å². The zero-order valence-electron chi connectivity index (χ0n) is 41.2. The summed E-state index contributed by atoms with van der Waals surface area (Å²) in [6, 6.07) is 25.0. The number of ether oxygens (including phenoxy) is 1. The van der Waals surface area contributed by atoms with Crippen molar-refractivity contribution in [3.05, 3.63) is 102 Å². The Labute approximate surface area is 434 Å². The molecule has 0 saturated heterocycles. The van der Waals surface area contributed by atoms with E-state index in [2.05, 4.69) is 93.3 Å². The minimum Gasteiger partial charge on any atom is -0.477 e. The maximum absolute atomic E-state index is 13.9. The molecule has 6 aromatic rings. The third kappa shape index (κ3) is 13.0. The number of rotatable bonds is 28. The van der Waals surface area contributed by atoms with E-state index < -0.39 is 23.8 Å². The quantitative estimate of drug-likeness (QED) is 0.0382. The van der Waals surface area contributed by atoms with Gasteiger partial charge in [0.25, 0.3) is 12.0 Å². The van der Waals surface area contributed by atoms with Crippen molar-refractivity contribution in [3.8, 4) is 36.0 Å². The number of thiazole rings is 1. The van der Waals surface area contributed by atoms with Gasteiger partial charge in [0, 0.05) is 45.6 Å². The second kappa shape index (κ2) is 26.7. The molecule has 13 heteroatoms. The van der Waals surface area contributed by atoms with Crippen LogP contribution >= 0.6 is 57.1 Å². The van der Waals surface area contributed by atoms with Crippen LogP contribution in [0.5, 0.6) is 0 Å². The van der Waals surface area contributed by atoms with E-state index in [1.165, 1.54) is 126 Å². The molecule has 1 aliphatic heterocycles. The number of fused-ring (bicyclic) bond motifs is 2. The Balaban J connectivity index is 1.32. The van der Waals surface area contributed by atoms with Gasteiger partial charge in [-0.3, -0.25) is 14.2 Å². The van der Waals surface area contributed by atoms with Gasteiger partial charge < -0.3 is 14.7 Å². The number of hydrogen-bond acceptors (Lipinski definition) is 11. The lowest BCUT2D eigenvalue weighted by atomic mass is 10.0. The largest absolute Gasteiger partial charge is 0.477 e. The molecular weight excluding hydrogens is 967 g/mol. The molecule has 0 amide bonds. The predicted molar refractivity (Wildman–Crippen MR) is 297 cm³/mol. The molecule has 0 bridgehead atoms. The molecule has 0 unspecified atom stereocenters. The number of nitrogens with zero attached hydrogens (tertiary/aromatic N) is 3. The van der Waals surface area contributed by atoms with Gasteiger partial charge in [0.05, 0.1) is 15.9 Å². The number of carboxylic acid groups (broad SMARTS) is 1. The molecule has 1 N–H and O–H groups in total. The van der Waals surface area contributed by atoms with Crippen LogP contribution in [0.25, 0.3) is 41.6 Å². The van der Waals surface area contributed by atoms with E-state index in [1.54, 1.807) is 17.4 Å². The molecule has 5 heterocycles. The Morgan fingerprint density at radius 2 is 1.24 bits per heavy atom. The average molecular weight is 1030 g/mol. The standard InChI is InChI=1S/C57H67N3O5S5/c1-5-9-13-17-23-39-32-50(67-48(39)35-52-55(62)60(37-65-38-61)56(70-52)43(36-58)57(63)64)53-42(25-19-15-11-7-3)34-51(69-53)54-41(24-18-14-10-6-2)33-47(68-54)40-28-29-45-49(31-40)66-46-27-21-20-26-44(46)59(45)30-22-16-12-8-4/h20-21,26-29,31-35,38H,5-19,22-25,30,37H2,1-4H3,(H,63,64)/b52-35+,56-43+. The molecule has 7 rings (SSSR count). The molecule has 0 fully saturated rings. The van der Waals surface area contributed by atoms with Crippen LogP contribution in [0.3, 0.4) is 0 Å². The van der Waals surface area contributed by atoms with Gasteiger partial charge in [-0.05, 0) is 116 Å². The normalized spacial score (nSPS) is 12.8. The molecule has 70 heavy (non-hydrogen) atoms. The van der Waals surface area contributed by atoms with Gasteiger partial charge in [0.15, 0.2) is 12.3 Å². The lowest BCUT2D eigenvalue weighted by molar-refractivity contribution is -0.132. The van der Waals surface area contributed by atoms with Crippen LogP contribution in [-0.4, -0.2) is 28.7 Å². The summed E-state index contributed by atoms with van der Waals surface area (Å²) in [5.41, 5.74) is 6.74. The minimum atomic E-state index is -1.44. The van der Waals surface area contributed by atoms with Crippen LogP contribution in [0, 0.1) is 11.3 Å². The lowest BCUT2D eigenvalue weighted by Gasteiger charge is -2.33. The van der Waals surface area contributed by atoms with Crippen molar-refractivity contribution in [2.24, 2.45) is 0 Å². The number of para-hydroxylation sites is 1. The fourth-order valence-corrected chi connectivity index (χ4v) is 15.3. The average Bonchev–Trinajstić information content (AvgIpc) is 4.16. The molecular formula is C57H67N3O5S5. The van der Waals surface area contributed by atoms with Gasteiger partial charge in [-0.1, -0.05) is 135 Å². The van der Waals surface area contributed by atoms with E-state index >= 15 is 0 Å². The highest BCUT2D eigenvalue weighted by Crippen LogP contribution is 2.51. The summed E-state index contributed by atoms with van der Waals surface area (Å²) in [5.74, 6) is -1.44. The van der Waals surface area contributed by atoms with Crippen LogP contribution in [0.1, 0.15) is 152 Å². The van der Waals surface area contributed by atoms with Gasteiger partial charge >= 0.3 is 5.97 Å². The summed E-state index contributed by atoms with van der Waals surface area (Å²) in [7, 11) is 0. The van der Waals surface area contributed by atoms with E-state index in [0.717, 1.165) is 90.7 Å². The summed E-state index contributed by atoms with van der Waals surface area (Å²) >= 11 is 8.33. The molecule has 0 aliphatic carbocycles. The van der Waals surface area contributed by atoms with E-state index in [1.807, 2.05) is 40.5 Å². The van der Waals surface area contributed by atoms with E-state index in [0.29, 0.717) is 0 Å². The smallest absolute Gasteiger partial charge is 0.349 e. The molecule has 370 valence electrons. The van der Waals surface area contributed by atoms with Crippen LogP contribution in [-0.2, 0) is 40.3 Å². The van der Waals surface area contributed by atoms with Crippen LogP contribution < -0.4 is 19.7 Å². The number of anilines is 2. The summed E-state index contributed by atoms with van der Waals surface area (Å²) in [6.07, 6.45) is 23.4. The Hall–Kier alpha value is -4.71. The number of aromatic nitrogens is 1. The third-order valence-electron chi connectivity index (χ3n) is 12.9. The molecule has 0 spiro atoms. The van der Waals surface area contributed by atoms with Crippen molar-refractivity contribution in [1.82, 2.24) is 4.57 Å². The summed E-state index contributed by atoms with van der Waals surface area (Å²) in [6.45, 7) is 9.74. The zero-order chi connectivity index (χ0) is 49.4. The number of benzene rings is 2. The van der Waals surface area contributed by atoms with Gasteiger partial charge in [-0.25, -0.2) is 4.79 Å². The molecule has 8 nitrogen and oxygen atoms in total. The summed E-state index contributed by atoms with van der Waals surface area (Å²) in [5, 5.41) is 19.6. The Morgan fingerprint density at radius 1 is 0.671 bits per heavy atom. The number of unbranched alkanes of at least 4 members (excludes halogenated alkanes) is 12.